The van der Waals surface area contributed by atoms with E-state index in [1.807, 2.05) is 69.3 Å². The first kappa shape index (κ1) is 19.0. The van der Waals surface area contributed by atoms with Gasteiger partial charge in [-0.1, -0.05) is 59.3 Å². The third-order valence-electron chi connectivity index (χ3n) is 4.14. The molecule has 2 aromatic rings. The molecule has 6 heteroatoms. The summed E-state index contributed by atoms with van der Waals surface area (Å²) in [5.41, 5.74) is 4.83. The van der Waals surface area contributed by atoms with E-state index in [9.17, 15) is 4.79 Å². The lowest BCUT2D eigenvalue weighted by atomic mass is 10.1. The van der Waals surface area contributed by atoms with Crippen LogP contribution in [0.2, 0.25) is 5.02 Å². The zero-order valence-electron chi connectivity index (χ0n) is 15.0. The van der Waals surface area contributed by atoms with Gasteiger partial charge in [-0.15, -0.1) is 0 Å². The Balaban J connectivity index is 1.93. The zero-order chi connectivity index (χ0) is 19.0. The van der Waals surface area contributed by atoms with Gasteiger partial charge >= 0.3 is 0 Å². The fourth-order valence-electron chi connectivity index (χ4n) is 2.86. The fourth-order valence-corrected chi connectivity index (χ4v) is 4.50. The quantitative estimate of drug-likeness (QED) is 0.504. The minimum Gasteiger partial charge on any atom is -0.376 e. The second-order valence-electron chi connectivity index (χ2n) is 6.41. The van der Waals surface area contributed by atoms with Crippen LogP contribution in [0.25, 0.3) is 6.08 Å². The highest BCUT2D eigenvalue weighted by Crippen LogP contribution is 2.38. The van der Waals surface area contributed by atoms with Crippen molar-refractivity contribution in [2.45, 2.75) is 13.8 Å². The molecule has 0 radical (unpaired) electrons. The van der Waals surface area contributed by atoms with Crippen molar-refractivity contribution < 1.29 is 4.79 Å². The lowest BCUT2D eigenvalue weighted by molar-refractivity contribution is -0.113. The van der Waals surface area contributed by atoms with Crippen LogP contribution >= 0.6 is 35.6 Å². The van der Waals surface area contributed by atoms with Crippen molar-refractivity contribution in [3.05, 3.63) is 63.0 Å². The number of aryl methyl sites for hydroxylation is 2. The lowest BCUT2D eigenvalue weighted by Gasteiger charge is -2.17. The minimum atomic E-state index is -0.0974. The number of thioether (sulfide) groups is 1. The Bertz CT molecular complexity index is 937. The third-order valence-corrected chi connectivity index (χ3v) is 5.74. The normalized spacial score (nSPS) is 15.9. The maximum Gasteiger partial charge on any atom is 0.270 e. The largest absolute Gasteiger partial charge is 0.376 e. The molecule has 1 amide bonds. The van der Waals surface area contributed by atoms with Crippen molar-refractivity contribution in [2.75, 3.05) is 23.9 Å². The maximum absolute atomic E-state index is 12.9. The number of carbonyl (C=O) groups is 1. The fraction of sp³-hybridized carbons (Fsp3) is 0.200. The first-order chi connectivity index (χ1) is 12.3. The average molecular weight is 403 g/mol. The molecule has 0 atom stereocenters. The Kier molecular flexibility index (Phi) is 5.42. The van der Waals surface area contributed by atoms with Crippen LogP contribution in [0.3, 0.4) is 0 Å². The van der Waals surface area contributed by atoms with Crippen molar-refractivity contribution in [2.24, 2.45) is 0 Å². The molecule has 26 heavy (non-hydrogen) atoms. The average Bonchev–Trinajstić information content (AvgIpc) is 2.82. The number of nitrogens with zero attached hydrogens (tertiary/aromatic N) is 2. The van der Waals surface area contributed by atoms with E-state index in [1.165, 1.54) is 11.8 Å². The van der Waals surface area contributed by atoms with Gasteiger partial charge in [0.05, 0.1) is 21.3 Å². The summed E-state index contributed by atoms with van der Waals surface area (Å²) in [6.45, 7) is 4.02. The highest BCUT2D eigenvalue weighted by molar-refractivity contribution is 8.27. The number of amides is 1. The number of halogens is 1. The summed E-state index contributed by atoms with van der Waals surface area (Å²) < 4.78 is 0.546. The molecule has 1 saturated heterocycles. The number of rotatable bonds is 3. The van der Waals surface area contributed by atoms with Gasteiger partial charge in [0.1, 0.15) is 0 Å². The van der Waals surface area contributed by atoms with Gasteiger partial charge in [-0.2, -0.15) is 0 Å². The van der Waals surface area contributed by atoms with Crippen LogP contribution in [-0.2, 0) is 4.79 Å². The predicted molar refractivity (Wildman–Crippen MR) is 117 cm³/mol. The number of benzene rings is 2. The van der Waals surface area contributed by atoms with Crippen LogP contribution in [0.1, 0.15) is 16.7 Å². The van der Waals surface area contributed by atoms with E-state index in [1.54, 1.807) is 4.90 Å². The number of hydrogen-bond donors (Lipinski definition) is 0. The molecule has 3 nitrogen and oxygen atoms in total. The molecule has 1 heterocycles. The number of carbonyl (C=O) groups excluding carboxylic acids is 1. The maximum atomic E-state index is 12.9. The Morgan fingerprint density at radius 3 is 2.50 bits per heavy atom. The van der Waals surface area contributed by atoms with Gasteiger partial charge in [0.2, 0.25) is 0 Å². The molecule has 0 aliphatic carbocycles. The molecule has 0 N–H and O–H groups in total. The van der Waals surface area contributed by atoms with Gasteiger partial charge in [-0.3, -0.25) is 9.69 Å². The summed E-state index contributed by atoms with van der Waals surface area (Å²) in [6.07, 6.45) is 1.84. The van der Waals surface area contributed by atoms with Crippen molar-refractivity contribution in [1.82, 2.24) is 0 Å². The molecule has 1 fully saturated rings. The van der Waals surface area contributed by atoms with E-state index >= 15 is 0 Å². The van der Waals surface area contributed by atoms with E-state index in [0.717, 1.165) is 28.1 Å². The SMILES string of the molecule is Cc1ccc(N2C(=O)/C(=C/c3ccc(N(C)C)c(Cl)c3)SC2=S)c(C)c1. The molecular formula is C20H19ClN2OS2. The molecule has 134 valence electrons. The molecule has 1 aliphatic rings. The topological polar surface area (TPSA) is 23.6 Å². The van der Waals surface area contributed by atoms with Crippen molar-refractivity contribution in [3.63, 3.8) is 0 Å². The summed E-state index contributed by atoms with van der Waals surface area (Å²) in [5.74, 6) is -0.0974. The molecule has 0 bridgehead atoms. The van der Waals surface area contributed by atoms with Crippen LogP contribution in [0, 0.1) is 13.8 Å². The number of thiocarbonyl (C=S) groups is 1. The van der Waals surface area contributed by atoms with E-state index in [2.05, 4.69) is 6.07 Å². The van der Waals surface area contributed by atoms with E-state index < -0.39 is 0 Å². The first-order valence-electron chi connectivity index (χ1n) is 8.10. The van der Waals surface area contributed by atoms with E-state index in [0.29, 0.717) is 14.2 Å². The van der Waals surface area contributed by atoms with Crippen LogP contribution in [0.5, 0.6) is 0 Å². The van der Waals surface area contributed by atoms with E-state index in [-0.39, 0.29) is 5.91 Å². The standard InChI is InChI=1S/C20H19ClN2OS2/c1-12-5-7-16(13(2)9-12)23-19(24)18(26-20(23)25)11-14-6-8-17(22(3)4)15(21)10-14/h5-11H,1-4H3/b18-11-. The van der Waals surface area contributed by atoms with Gasteiger partial charge in [-0.05, 0) is 49.2 Å². The molecule has 0 unspecified atom stereocenters. The van der Waals surface area contributed by atoms with Crippen molar-refractivity contribution >= 4 is 63.3 Å². The van der Waals surface area contributed by atoms with Crippen LogP contribution in [0.15, 0.2) is 41.3 Å². The smallest absolute Gasteiger partial charge is 0.270 e. The van der Waals surface area contributed by atoms with Crippen molar-refractivity contribution in [3.8, 4) is 0 Å². The van der Waals surface area contributed by atoms with Gasteiger partial charge in [0.25, 0.3) is 5.91 Å². The predicted octanol–water partition coefficient (Wildman–Crippen LogP) is 5.43. The monoisotopic (exact) mass is 402 g/mol. The minimum absolute atomic E-state index is 0.0974. The second-order valence-corrected chi connectivity index (χ2v) is 8.50. The van der Waals surface area contributed by atoms with E-state index in [4.69, 9.17) is 23.8 Å². The summed E-state index contributed by atoms with van der Waals surface area (Å²) >= 11 is 13.1. The molecule has 1 aliphatic heterocycles. The Labute approximate surface area is 168 Å². The second kappa shape index (κ2) is 7.43. The van der Waals surface area contributed by atoms with Gasteiger partial charge in [0.15, 0.2) is 4.32 Å². The number of hydrogen-bond acceptors (Lipinski definition) is 4. The van der Waals surface area contributed by atoms with Gasteiger partial charge in [0, 0.05) is 14.1 Å². The van der Waals surface area contributed by atoms with Gasteiger partial charge in [-0.25, -0.2) is 0 Å². The molecular weight excluding hydrogens is 384 g/mol. The van der Waals surface area contributed by atoms with Crippen LogP contribution in [0.4, 0.5) is 11.4 Å². The molecule has 0 aromatic heterocycles. The molecule has 3 rings (SSSR count). The lowest BCUT2D eigenvalue weighted by Crippen LogP contribution is -2.28. The number of anilines is 2. The van der Waals surface area contributed by atoms with Crippen LogP contribution < -0.4 is 9.80 Å². The Morgan fingerprint density at radius 1 is 1.15 bits per heavy atom. The third kappa shape index (κ3) is 3.65. The summed E-state index contributed by atoms with van der Waals surface area (Å²) in [4.78, 5) is 17.1. The highest BCUT2D eigenvalue weighted by Gasteiger charge is 2.34. The molecule has 0 spiro atoms. The Morgan fingerprint density at radius 2 is 1.88 bits per heavy atom. The highest BCUT2D eigenvalue weighted by atomic mass is 35.5. The zero-order valence-corrected chi connectivity index (χ0v) is 17.4. The molecule has 2 aromatic carbocycles. The van der Waals surface area contributed by atoms with Gasteiger partial charge < -0.3 is 4.90 Å². The first-order valence-corrected chi connectivity index (χ1v) is 9.70. The summed E-state index contributed by atoms with van der Waals surface area (Å²) in [6, 6.07) is 11.7. The van der Waals surface area contributed by atoms with Crippen LogP contribution in [-0.4, -0.2) is 24.3 Å². The summed E-state index contributed by atoms with van der Waals surface area (Å²) in [5, 5.41) is 0.647. The molecule has 0 saturated carbocycles. The summed E-state index contributed by atoms with van der Waals surface area (Å²) in [7, 11) is 3.88. The Hall–Kier alpha value is -1.82. The van der Waals surface area contributed by atoms with Crippen molar-refractivity contribution in [1.29, 1.82) is 0 Å².